The molecule has 0 aliphatic carbocycles. The molecule has 1 aromatic heterocycles. The third-order valence-electron chi connectivity index (χ3n) is 5.04. The number of hydrogen-bond acceptors (Lipinski definition) is 7. The van der Waals surface area contributed by atoms with Gasteiger partial charge in [0.05, 0.1) is 11.8 Å². The van der Waals surface area contributed by atoms with Crippen molar-refractivity contribution in [2.75, 3.05) is 34.5 Å². The Morgan fingerprint density at radius 2 is 1.83 bits per heavy atom. The lowest BCUT2D eigenvalue weighted by molar-refractivity contribution is 0.102. The predicted octanol–water partition coefficient (Wildman–Crippen LogP) is 3.00. The monoisotopic (exact) mass is 407 g/mol. The maximum Gasteiger partial charge on any atom is 0.258 e. The van der Waals surface area contributed by atoms with E-state index in [1.807, 2.05) is 24.3 Å². The summed E-state index contributed by atoms with van der Waals surface area (Å²) in [7, 11) is 0. The van der Waals surface area contributed by atoms with Crippen molar-refractivity contribution in [1.82, 2.24) is 9.97 Å². The molecule has 0 radical (unpaired) electrons. The van der Waals surface area contributed by atoms with Gasteiger partial charge in [-0.2, -0.15) is 0 Å². The van der Waals surface area contributed by atoms with Crippen LogP contribution in [0.25, 0.3) is 11.4 Å². The number of nitrogens with zero attached hydrogens (tertiary/aromatic N) is 3. The Balaban J connectivity index is 1.53. The Kier molecular flexibility index (Phi) is 5.44. The number of amides is 1. The lowest BCUT2D eigenvalue weighted by Gasteiger charge is -2.17. The first kappa shape index (κ1) is 19.6. The minimum absolute atomic E-state index is 0.112. The number of nitrogens with two attached hydrogens (primary N) is 2. The average Bonchev–Trinajstić information content (AvgIpc) is 3.29. The second-order valence-corrected chi connectivity index (χ2v) is 7.03. The highest BCUT2D eigenvalue weighted by Gasteiger charge is 2.16. The molecule has 30 heavy (non-hydrogen) atoms. The third-order valence-corrected chi connectivity index (χ3v) is 5.04. The summed E-state index contributed by atoms with van der Waals surface area (Å²) < 4.78 is 14.3. The summed E-state index contributed by atoms with van der Waals surface area (Å²) in [5, 5.41) is 2.74. The van der Waals surface area contributed by atoms with Crippen LogP contribution in [0.2, 0.25) is 0 Å². The van der Waals surface area contributed by atoms with E-state index in [9.17, 15) is 9.18 Å². The minimum Gasteiger partial charge on any atom is -0.382 e. The summed E-state index contributed by atoms with van der Waals surface area (Å²) in [5.41, 5.74) is 10.6. The van der Waals surface area contributed by atoms with Gasteiger partial charge in [0.15, 0.2) is 11.6 Å². The van der Waals surface area contributed by atoms with E-state index in [4.69, 9.17) is 11.6 Å². The van der Waals surface area contributed by atoms with E-state index in [1.54, 1.807) is 0 Å². The van der Waals surface area contributed by atoms with Crippen LogP contribution in [0.3, 0.4) is 0 Å². The Bertz CT molecular complexity index is 1070. The van der Waals surface area contributed by atoms with Crippen molar-refractivity contribution < 1.29 is 9.18 Å². The first-order valence-corrected chi connectivity index (χ1v) is 9.60. The fourth-order valence-electron chi connectivity index (χ4n) is 3.41. The summed E-state index contributed by atoms with van der Waals surface area (Å²) in [5.74, 6) is 4.54. The highest BCUT2D eigenvalue weighted by Crippen LogP contribution is 2.25. The van der Waals surface area contributed by atoms with Gasteiger partial charge < -0.3 is 21.4 Å². The smallest absolute Gasteiger partial charge is 0.258 e. The number of halogens is 1. The number of anilines is 4. The average molecular weight is 407 g/mol. The van der Waals surface area contributed by atoms with Gasteiger partial charge in [-0.25, -0.2) is 14.4 Å². The molecule has 8 nitrogen and oxygen atoms in total. The van der Waals surface area contributed by atoms with E-state index in [-0.39, 0.29) is 17.2 Å². The molecule has 0 atom stereocenters. The van der Waals surface area contributed by atoms with Crippen LogP contribution in [0, 0.1) is 5.82 Å². The van der Waals surface area contributed by atoms with Gasteiger partial charge in [-0.15, -0.1) is 0 Å². The third kappa shape index (κ3) is 4.01. The van der Waals surface area contributed by atoms with Crippen molar-refractivity contribution in [2.45, 2.75) is 12.8 Å². The van der Waals surface area contributed by atoms with Gasteiger partial charge in [0.25, 0.3) is 5.91 Å². The topological polar surface area (TPSA) is 122 Å². The van der Waals surface area contributed by atoms with Crippen molar-refractivity contribution in [2.24, 2.45) is 5.84 Å². The molecule has 1 fully saturated rings. The van der Waals surface area contributed by atoms with E-state index in [2.05, 4.69) is 25.6 Å². The van der Waals surface area contributed by atoms with Crippen LogP contribution in [0.4, 0.5) is 27.3 Å². The molecule has 0 unspecified atom stereocenters. The molecule has 0 spiro atoms. The summed E-state index contributed by atoms with van der Waals surface area (Å²) >= 11 is 0. The van der Waals surface area contributed by atoms with Gasteiger partial charge >= 0.3 is 0 Å². The number of hydrogen-bond donors (Lipinski definition) is 4. The van der Waals surface area contributed by atoms with Crippen LogP contribution in [0.15, 0.2) is 48.7 Å². The zero-order valence-corrected chi connectivity index (χ0v) is 16.2. The minimum atomic E-state index is -0.641. The quantitative estimate of drug-likeness (QED) is 0.379. The summed E-state index contributed by atoms with van der Waals surface area (Å²) in [4.78, 5) is 23.3. The second kappa shape index (κ2) is 8.34. The Labute approximate surface area is 173 Å². The molecular formula is C21H22FN7O. The maximum atomic E-state index is 14.3. The van der Waals surface area contributed by atoms with Crippen LogP contribution < -0.4 is 27.2 Å². The fourth-order valence-corrected chi connectivity index (χ4v) is 3.41. The molecule has 1 aliphatic rings. The number of carbonyl (C=O) groups excluding carboxylic acids is 1. The van der Waals surface area contributed by atoms with E-state index >= 15 is 0 Å². The standard InChI is InChI=1S/C21H22FN7O/c22-17-8-3-13(20-25-12-18(28-24)19(23)27-20)11-16(17)21(30)26-14-4-6-15(7-5-14)29-9-1-2-10-29/h3-8,11-12,28H,1-2,9-10,24H2,(H,26,30)(H2,23,25,27). The summed E-state index contributed by atoms with van der Waals surface area (Å²) in [6.07, 6.45) is 3.80. The number of aromatic nitrogens is 2. The van der Waals surface area contributed by atoms with Gasteiger partial charge in [-0.05, 0) is 55.3 Å². The van der Waals surface area contributed by atoms with E-state index in [0.29, 0.717) is 16.9 Å². The Hall–Kier alpha value is -3.72. The molecule has 4 rings (SSSR count). The van der Waals surface area contributed by atoms with E-state index in [0.717, 1.165) is 18.8 Å². The maximum absolute atomic E-state index is 14.3. The van der Waals surface area contributed by atoms with Crippen LogP contribution >= 0.6 is 0 Å². The number of carbonyl (C=O) groups is 1. The SMILES string of the molecule is NNc1cnc(-c2ccc(F)c(C(=O)Nc3ccc(N4CCCC4)cc3)c2)nc1N. The number of rotatable bonds is 5. The normalized spacial score (nSPS) is 13.3. The highest BCUT2D eigenvalue weighted by atomic mass is 19.1. The van der Waals surface area contributed by atoms with Gasteiger partial charge in [0, 0.05) is 30.0 Å². The van der Waals surface area contributed by atoms with Crippen LogP contribution in [0.1, 0.15) is 23.2 Å². The van der Waals surface area contributed by atoms with Gasteiger partial charge in [0.2, 0.25) is 0 Å². The second-order valence-electron chi connectivity index (χ2n) is 7.03. The number of benzene rings is 2. The molecule has 2 heterocycles. The van der Waals surface area contributed by atoms with Crippen molar-refractivity contribution in [3.63, 3.8) is 0 Å². The lowest BCUT2D eigenvalue weighted by Crippen LogP contribution is -2.18. The van der Waals surface area contributed by atoms with Crippen molar-refractivity contribution in [1.29, 1.82) is 0 Å². The number of nitrogen functional groups attached to an aromatic ring is 2. The molecule has 1 aliphatic heterocycles. The largest absolute Gasteiger partial charge is 0.382 e. The van der Waals surface area contributed by atoms with Crippen LogP contribution in [0.5, 0.6) is 0 Å². The van der Waals surface area contributed by atoms with E-state index < -0.39 is 11.7 Å². The van der Waals surface area contributed by atoms with Gasteiger partial charge in [-0.1, -0.05) is 0 Å². The fraction of sp³-hybridized carbons (Fsp3) is 0.190. The Morgan fingerprint density at radius 1 is 1.10 bits per heavy atom. The van der Waals surface area contributed by atoms with Gasteiger partial charge in [0.1, 0.15) is 11.5 Å². The molecule has 1 amide bonds. The zero-order valence-electron chi connectivity index (χ0n) is 16.2. The van der Waals surface area contributed by atoms with Crippen molar-refractivity contribution >= 4 is 28.8 Å². The summed E-state index contributed by atoms with van der Waals surface area (Å²) in [6.45, 7) is 2.08. The molecular weight excluding hydrogens is 385 g/mol. The molecule has 2 aromatic carbocycles. The molecule has 6 N–H and O–H groups in total. The first-order valence-electron chi connectivity index (χ1n) is 9.60. The van der Waals surface area contributed by atoms with Gasteiger partial charge in [-0.3, -0.25) is 10.6 Å². The highest BCUT2D eigenvalue weighted by molar-refractivity contribution is 6.05. The number of nitrogens with one attached hydrogen (secondary N) is 2. The lowest BCUT2D eigenvalue weighted by atomic mass is 10.1. The molecule has 3 aromatic rings. The summed E-state index contributed by atoms with van der Waals surface area (Å²) in [6, 6.07) is 11.6. The number of hydrazine groups is 1. The molecule has 9 heteroatoms. The molecule has 1 saturated heterocycles. The predicted molar refractivity (Wildman–Crippen MR) is 115 cm³/mol. The molecule has 0 saturated carbocycles. The van der Waals surface area contributed by atoms with E-state index in [1.165, 1.54) is 37.2 Å². The Morgan fingerprint density at radius 3 is 2.50 bits per heavy atom. The zero-order chi connectivity index (χ0) is 21.1. The van der Waals surface area contributed by atoms with Crippen LogP contribution in [-0.2, 0) is 0 Å². The van der Waals surface area contributed by atoms with Crippen molar-refractivity contribution in [3.05, 3.63) is 60.0 Å². The molecule has 0 bridgehead atoms. The van der Waals surface area contributed by atoms with Crippen LogP contribution in [-0.4, -0.2) is 29.0 Å². The first-order chi connectivity index (χ1) is 14.5. The van der Waals surface area contributed by atoms with Crippen molar-refractivity contribution in [3.8, 4) is 11.4 Å². The molecule has 154 valence electrons.